The molecule has 0 aliphatic carbocycles. The number of nitrogens with one attached hydrogen (secondary N) is 2. The molecule has 4 aromatic carbocycles. The quantitative estimate of drug-likeness (QED) is 0.256. The second-order valence-corrected chi connectivity index (χ2v) is 7.65. The van der Waals surface area contributed by atoms with E-state index in [2.05, 4.69) is 10.6 Å². The van der Waals surface area contributed by atoms with Gasteiger partial charge in [-0.05, 0) is 41.5 Å². The summed E-state index contributed by atoms with van der Waals surface area (Å²) in [6, 6.07) is 24.6. The van der Waals surface area contributed by atoms with Crippen LogP contribution < -0.4 is 10.6 Å². The highest BCUT2D eigenvalue weighted by molar-refractivity contribution is 6.11. The second kappa shape index (κ2) is 10.3. The number of benzene rings is 4. The maximum atomic E-state index is 13.1. The minimum Gasteiger partial charge on any atom is -0.322 e. The molecule has 178 valence electrons. The van der Waals surface area contributed by atoms with Crippen LogP contribution in [0.15, 0.2) is 97.1 Å². The van der Waals surface area contributed by atoms with E-state index in [4.69, 9.17) is 0 Å². The zero-order chi connectivity index (χ0) is 25.7. The number of nitro groups is 2. The van der Waals surface area contributed by atoms with Crippen LogP contribution in [-0.4, -0.2) is 21.7 Å². The van der Waals surface area contributed by atoms with Crippen LogP contribution in [0.1, 0.15) is 20.7 Å². The van der Waals surface area contributed by atoms with Gasteiger partial charge in [0.1, 0.15) is 0 Å². The molecule has 36 heavy (non-hydrogen) atoms. The van der Waals surface area contributed by atoms with E-state index in [1.807, 2.05) is 6.07 Å². The Hall–Kier alpha value is -5.38. The number of amides is 2. The van der Waals surface area contributed by atoms with Crippen molar-refractivity contribution in [1.29, 1.82) is 0 Å². The Kier molecular flexibility index (Phi) is 6.78. The third-order valence-electron chi connectivity index (χ3n) is 5.24. The van der Waals surface area contributed by atoms with E-state index in [1.54, 1.807) is 30.3 Å². The second-order valence-electron chi connectivity index (χ2n) is 7.65. The molecule has 0 aliphatic heterocycles. The largest absolute Gasteiger partial charge is 0.322 e. The maximum Gasteiger partial charge on any atom is 0.271 e. The first-order chi connectivity index (χ1) is 17.3. The smallest absolute Gasteiger partial charge is 0.271 e. The topological polar surface area (TPSA) is 144 Å². The van der Waals surface area contributed by atoms with Gasteiger partial charge >= 0.3 is 0 Å². The van der Waals surface area contributed by atoms with E-state index in [0.717, 1.165) is 0 Å². The molecule has 0 bridgehead atoms. The lowest BCUT2D eigenvalue weighted by molar-refractivity contribution is -0.385. The highest BCUT2D eigenvalue weighted by Crippen LogP contribution is 2.27. The maximum absolute atomic E-state index is 13.1. The number of non-ortho nitro benzene ring substituents is 2. The lowest BCUT2D eigenvalue weighted by Gasteiger charge is -2.13. The minimum atomic E-state index is -0.558. The molecule has 0 fully saturated rings. The summed E-state index contributed by atoms with van der Waals surface area (Å²) >= 11 is 0. The Labute approximate surface area is 204 Å². The minimum absolute atomic E-state index is 0.161. The predicted octanol–water partition coefficient (Wildman–Crippen LogP) is 5.67. The molecule has 0 unspecified atom stereocenters. The van der Waals surface area contributed by atoms with E-state index in [9.17, 15) is 29.8 Å². The number of rotatable bonds is 7. The van der Waals surface area contributed by atoms with Crippen molar-refractivity contribution < 1.29 is 19.4 Å². The Morgan fingerprint density at radius 3 is 1.72 bits per heavy atom. The number of carbonyl (C=O) groups is 2. The van der Waals surface area contributed by atoms with E-state index >= 15 is 0 Å². The third-order valence-corrected chi connectivity index (χ3v) is 5.24. The summed E-state index contributed by atoms with van der Waals surface area (Å²) in [5, 5.41) is 27.4. The summed E-state index contributed by atoms with van der Waals surface area (Å²) in [5.41, 5.74) is 1.79. The van der Waals surface area contributed by atoms with Crippen LogP contribution in [0.4, 0.5) is 22.7 Å². The van der Waals surface area contributed by atoms with Crippen molar-refractivity contribution in [3.8, 4) is 11.1 Å². The fourth-order valence-electron chi connectivity index (χ4n) is 3.54. The molecule has 0 atom stereocenters. The van der Waals surface area contributed by atoms with E-state index in [1.165, 1.54) is 60.7 Å². The van der Waals surface area contributed by atoms with Crippen LogP contribution in [0.25, 0.3) is 11.1 Å². The standard InChI is InChI=1S/C26H18N4O6/c31-25(27-19-8-4-10-21(15-19)29(33)34)18-12-13-23(24(14-18)17-6-2-1-3-7-17)26(32)28-20-9-5-11-22(16-20)30(35)36/h1-16H,(H,27,31)(H,28,32). The van der Waals surface area contributed by atoms with Crippen molar-refractivity contribution in [1.82, 2.24) is 0 Å². The number of anilines is 2. The SMILES string of the molecule is O=C(Nc1cccc([N+](=O)[O-])c1)c1ccc(C(=O)Nc2cccc([N+](=O)[O-])c2)c(-c2ccccc2)c1. The summed E-state index contributed by atoms with van der Waals surface area (Å²) < 4.78 is 0. The fourth-order valence-corrected chi connectivity index (χ4v) is 3.54. The van der Waals surface area contributed by atoms with Crippen molar-refractivity contribution >= 4 is 34.6 Å². The molecule has 0 saturated carbocycles. The molecule has 10 heteroatoms. The van der Waals surface area contributed by atoms with Crippen LogP contribution in [0.5, 0.6) is 0 Å². The molecular weight excluding hydrogens is 464 g/mol. The van der Waals surface area contributed by atoms with Gasteiger partial charge in [0.05, 0.1) is 9.85 Å². The predicted molar refractivity (Wildman–Crippen MR) is 134 cm³/mol. The van der Waals surface area contributed by atoms with E-state index in [0.29, 0.717) is 11.1 Å². The number of nitrogens with zero attached hydrogens (tertiary/aromatic N) is 2. The molecule has 2 amide bonds. The summed E-state index contributed by atoms with van der Waals surface area (Å²) in [6.45, 7) is 0. The lowest BCUT2D eigenvalue weighted by Crippen LogP contribution is -2.16. The van der Waals surface area contributed by atoms with Crippen molar-refractivity contribution in [3.05, 3.63) is 128 Å². The average Bonchev–Trinajstić information content (AvgIpc) is 2.89. The van der Waals surface area contributed by atoms with Gasteiger partial charge in [0, 0.05) is 46.8 Å². The molecule has 10 nitrogen and oxygen atoms in total. The average molecular weight is 482 g/mol. The first-order valence-corrected chi connectivity index (χ1v) is 10.6. The first kappa shape index (κ1) is 23.8. The normalized spacial score (nSPS) is 10.3. The van der Waals surface area contributed by atoms with Crippen LogP contribution in [0.3, 0.4) is 0 Å². The van der Waals surface area contributed by atoms with Gasteiger partial charge in [0.15, 0.2) is 0 Å². The molecule has 0 spiro atoms. The zero-order valence-electron chi connectivity index (χ0n) is 18.6. The summed E-state index contributed by atoms with van der Waals surface area (Å²) in [5.74, 6) is -1.03. The molecule has 0 saturated heterocycles. The van der Waals surface area contributed by atoms with Gasteiger partial charge in [0.2, 0.25) is 0 Å². The van der Waals surface area contributed by atoms with Gasteiger partial charge in [-0.3, -0.25) is 29.8 Å². The van der Waals surface area contributed by atoms with Gasteiger partial charge in [0.25, 0.3) is 23.2 Å². The van der Waals surface area contributed by atoms with Crippen molar-refractivity contribution in [3.63, 3.8) is 0 Å². The van der Waals surface area contributed by atoms with Crippen LogP contribution >= 0.6 is 0 Å². The zero-order valence-corrected chi connectivity index (χ0v) is 18.6. The summed E-state index contributed by atoms with van der Waals surface area (Å²) in [4.78, 5) is 47.0. The molecule has 4 rings (SSSR count). The number of hydrogen-bond donors (Lipinski definition) is 2. The summed E-state index contributed by atoms with van der Waals surface area (Å²) in [7, 11) is 0. The highest BCUT2D eigenvalue weighted by atomic mass is 16.6. The number of nitro benzene ring substituents is 2. The Bertz CT molecular complexity index is 1490. The number of hydrogen-bond acceptors (Lipinski definition) is 6. The van der Waals surface area contributed by atoms with Gasteiger partial charge in [-0.2, -0.15) is 0 Å². The molecule has 2 N–H and O–H groups in total. The Balaban J connectivity index is 1.66. The van der Waals surface area contributed by atoms with Gasteiger partial charge in [-0.15, -0.1) is 0 Å². The molecule has 0 radical (unpaired) electrons. The third kappa shape index (κ3) is 5.39. The molecule has 0 aromatic heterocycles. The monoisotopic (exact) mass is 482 g/mol. The Morgan fingerprint density at radius 2 is 1.17 bits per heavy atom. The molecule has 0 aliphatic rings. The van der Waals surface area contributed by atoms with Gasteiger partial charge < -0.3 is 10.6 Å². The van der Waals surface area contributed by atoms with Crippen molar-refractivity contribution in [2.45, 2.75) is 0 Å². The van der Waals surface area contributed by atoms with Crippen molar-refractivity contribution in [2.24, 2.45) is 0 Å². The lowest BCUT2D eigenvalue weighted by atomic mass is 9.96. The van der Waals surface area contributed by atoms with E-state index in [-0.39, 0.29) is 33.9 Å². The van der Waals surface area contributed by atoms with Crippen molar-refractivity contribution in [2.75, 3.05) is 10.6 Å². The number of carbonyl (C=O) groups excluding carboxylic acids is 2. The van der Waals surface area contributed by atoms with E-state index < -0.39 is 21.7 Å². The van der Waals surface area contributed by atoms with Gasteiger partial charge in [-0.25, -0.2) is 0 Å². The Morgan fingerprint density at radius 1 is 0.611 bits per heavy atom. The van der Waals surface area contributed by atoms with Crippen LogP contribution in [-0.2, 0) is 0 Å². The highest BCUT2D eigenvalue weighted by Gasteiger charge is 2.18. The molecule has 4 aromatic rings. The van der Waals surface area contributed by atoms with Crippen LogP contribution in [0, 0.1) is 20.2 Å². The molecule has 0 heterocycles. The first-order valence-electron chi connectivity index (χ1n) is 10.6. The molecular formula is C26H18N4O6. The summed E-state index contributed by atoms with van der Waals surface area (Å²) in [6.07, 6.45) is 0. The van der Waals surface area contributed by atoms with Gasteiger partial charge in [-0.1, -0.05) is 42.5 Å². The van der Waals surface area contributed by atoms with Crippen LogP contribution in [0.2, 0.25) is 0 Å². The fraction of sp³-hybridized carbons (Fsp3) is 0.